The molecule has 7 heteroatoms. The van der Waals surface area contributed by atoms with Crippen molar-refractivity contribution in [2.24, 2.45) is 5.73 Å². The summed E-state index contributed by atoms with van der Waals surface area (Å²) in [7, 11) is -2.21. The molecule has 0 aromatic heterocycles. The first-order valence-corrected chi connectivity index (χ1v) is 6.74. The summed E-state index contributed by atoms with van der Waals surface area (Å²) in [5.74, 6) is 0.0712. The Morgan fingerprint density at radius 1 is 1.41 bits per heavy atom. The molecule has 0 aliphatic carbocycles. The van der Waals surface area contributed by atoms with Gasteiger partial charge in [-0.15, -0.1) is 0 Å². The molecule has 5 nitrogen and oxygen atoms in total. The van der Waals surface area contributed by atoms with Crippen LogP contribution in [0.5, 0.6) is 5.75 Å². The van der Waals surface area contributed by atoms with Crippen LogP contribution in [0.15, 0.2) is 24.3 Å². The van der Waals surface area contributed by atoms with Gasteiger partial charge in [-0.25, -0.2) is 8.42 Å². The molecule has 3 N–H and O–H groups in total. The first-order valence-electron chi connectivity index (χ1n) is 4.83. The fraction of sp³-hybridized carbons (Fsp3) is 0.300. The smallest absolute Gasteiger partial charge is 0.244 e. The number of benzene rings is 1. The van der Waals surface area contributed by atoms with Gasteiger partial charge in [0.2, 0.25) is 10.0 Å². The molecule has 0 aliphatic heterocycles. The van der Waals surface area contributed by atoms with Crippen molar-refractivity contribution in [3.63, 3.8) is 0 Å². The number of aromatic hydroxyl groups is 1. The normalized spacial score (nSPS) is 13.1. The molecule has 0 heterocycles. The summed E-state index contributed by atoms with van der Waals surface area (Å²) in [6, 6.07) is 5.82. The van der Waals surface area contributed by atoms with Crippen LogP contribution in [0.25, 0.3) is 0 Å². The second-order valence-electron chi connectivity index (χ2n) is 3.57. The van der Waals surface area contributed by atoms with E-state index < -0.39 is 15.3 Å². The molecule has 1 unspecified atom stereocenters. The number of hydrogen-bond acceptors (Lipinski definition) is 4. The van der Waals surface area contributed by atoms with Crippen LogP contribution in [-0.4, -0.2) is 30.8 Å². The highest BCUT2D eigenvalue weighted by Gasteiger charge is 2.28. The summed E-state index contributed by atoms with van der Waals surface area (Å²) in [5.41, 5.74) is 5.78. The molecule has 1 aromatic carbocycles. The lowest BCUT2D eigenvalue weighted by molar-refractivity contribution is 0.475. The highest BCUT2D eigenvalue weighted by molar-refractivity contribution is 7.95. The van der Waals surface area contributed by atoms with Gasteiger partial charge < -0.3 is 10.8 Å². The van der Waals surface area contributed by atoms with E-state index in [0.717, 1.165) is 4.31 Å². The van der Waals surface area contributed by atoms with Crippen molar-refractivity contribution in [3.05, 3.63) is 24.3 Å². The van der Waals surface area contributed by atoms with Gasteiger partial charge in [-0.2, -0.15) is 0 Å². The van der Waals surface area contributed by atoms with Crippen LogP contribution in [0.1, 0.15) is 6.92 Å². The maximum Gasteiger partial charge on any atom is 0.244 e. The Bertz CT molecular complexity index is 511. The first kappa shape index (κ1) is 13.7. The van der Waals surface area contributed by atoms with Gasteiger partial charge in [-0.05, 0) is 31.2 Å². The quantitative estimate of drug-likeness (QED) is 0.795. The lowest BCUT2D eigenvalue weighted by Gasteiger charge is -2.23. The number of hydrogen-bond donors (Lipinski definition) is 2. The lowest BCUT2D eigenvalue weighted by atomic mass is 10.3. The molecule has 0 aliphatic rings. The average Bonchev–Trinajstić information content (AvgIpc) is 2.27. The third-order valence-electron chi connectivity index (χ3n) is 2.44. The topological polar surface area (TPSA) is 83.6 Å². The van der Waals surface area contributed by atoms with Gasteiger partial charge in [-0.3, -0.25) is 4.31 Å². The average molecular weight is 274 g/mol. The van der Waals surface area contributed by atoms with E-state index in [-0.39, 0.29) is 10.7 Å². The van der Waals surface area contributed by atoms with Crippen LogP contribution in [0.2, 0.25) is 0 Å². The van der Waals surface area contributed by atoms with E-state index in [9.17, 15) is 8.42 Å². The summed E-state index contributed by atoms with van der Waals surface area (Å²) >= 11 is 4.69. The van der Waals surface area contributed by atoms with Crippen LogP contribution in [-0.2, 0) is 10.0 Å². The number of rotatable bonds is 4. The zero-order valence-electron chi connectivity index (χ0n) is 9.49. The van der Waals surface area contributed by atoms with Gasteiger partial charge >= 0.3 is 0 Å². The largest absolute Gasteiger partial charge is 0.508 e. The van der Waals surface area contributed by atoms with E-state index in [4.69, 9.17) is 10.8 Å². The van der Waals surface area contributed by atoms with Crippen molar-refractivity contribution in [1.29, 1.82) is 0 Å². The van der Waals surface area contributed by atoms with E-state index in [0.29, 0.717) is 5.69 Å². The molecule has 1 rings (SSSR count). The Labute approximate surface area is 106 Å². The Kier molecular flexibility index (Phi) is 3.94. The van der Waals surface area contributed by atoms with E-state index in [2.05, 4.69) is 12.2 Å². The summed E-state index contributed by atoms with van der Waals surface area (Å²) in [4.78, 5) is -0.0735. The second kappa shape index (κ2) is 4.89. The molecule has 0 bridgehead atoms. The third kappa shape index (κ3) is 2.86. The number of sulfonamides is 1. The standard InChI is InChI=1S/C10H14N2O3S2/c1-7(10(11)16)17(14,15)12(2)8-3-5-9(13)6-4-8/h3-7,13H,1-2H3,(H2,11,16). The molecule has 0 spiro atoms. The van der Waals surface area contributed by atoms with E-state index in [1.807, 2.05) is 0 Å². The van der Waals surface area contributed by atoms with Crippen molar-refractivity contribution < 1.29 is 13.5 Å². The Hall–Kier alpha value is -1.34. The molecule has 0 fully saturated rings. The maximum absolute atomic E-state index is 12.1. The van der Waals surface area contributed by atoms with Gasteiger partial charge in [0.1, 0.15) is 11.0 Å². The van der Waals surface area contributed by atoms with Crippen LogP contribution in [0.4, 0.5) is 5.69 Å². The first-order chi connectivity index (χ1) is 7.76. The molecule has 1 atom stereocenters. The van der Waals surface area contributed by atoms with Crippen LogP contribution < -0.4 is 10.0 Å². The predicted molar refractivity (Wildman–Crippen MR) is 71.7 cm³/mol. The summed E-state index contributed by atoms with van der Waals surface area (Å²) < 4.78 is 25.2. The summed E-state index contributed by atoms with van der Waals surface area (Å²) in [6.45, 7) is 1.44. The second-order valence-corrected chi connectivity index (χ2v) is 6.33. The highest BCUT2D eigenvalue weighted by atomic mass is 32.2. The van der Waals surface area contributed by atoms with Crippen LogP contribution in [0.3, 0.4) is 0 Å². The Morgan fingerprint density at radius 3 is 2.29 bits per heavy atom. The molecule has 94 valence electrons. The van der Waals surface area contributed by atoms with E-state index in [1.165, 1.54) is 38.2 Å². The minimum Gasteiger partial charge on any atom is -0.508 e. The number of phenolic OH excluding ortho intramolecular Hbond substituents is 1. The number of phenols is 1. The van der Waals surface area contributed by atoms with Crippen molar-refractivity contribution in [3.8, 4) is 5.75 Å². The van der Waals surface area contributed by atoms with Crippen molar-refractivity contribution in [1.82, 2.24) is 0 Å². The van der Waals surface area contributed by atoms with E-state index >= 15 is 0 Å². The zero-order valence-corrected chi connectivity index (χ0v) is 11.1. The molecule has 0 radical (unpaired) electrons. The molecule has 0 saturated carbocycles. The lowest BCUT2D eigenvalue weighted by Crippen LogP contribution is -2.41. The molecule has 0 saturated heterocycles. The number of thiocarbonyl (C=S) groups is 1. The van der Waals surface area contributed by atoms with Crippen molar-refractivity contribution in [2.45, 2.75) is 12.2 Å². The molecule has 17 heavy (non-hydrogen) atoms. The van der Waals surface area contributed by atoms with Crippen molar-refractivity contribution >= 4 is 32.9 Å². The van der Waals surface area contributed by atoms with Gasteiger partial charge in [0.15, 0.2) is 0 Å². The zero-order chi connectivity index (χ0) is 13.2. The Morgan fingerprint density at radius 2 is 1.88 bits per heavy atom. The number of anilines is 1. The third-order valence-corrected chi connectivity index (χ3v) is 5.07. The summed E-state index contributed by atoms with van der Waals surface area (Å²) in [6.07, 6.45) is 0. The monoisotopic (exact) mass is 274 g/mol. The van der Waals surface area contributed by atoms with Gasteiger partial charge in [-0.1, -0.05) is 12.2 Å². The van der Waals surface area contributed by atoms with Crippen LogP contribution in [0, 0.1) is 0 Å². The minimum atomic E-state index is -3.62. The predicted octanol–water partition coefficient (Wildman–Crippen LogP) is 0.833. The number of nitrogens with two attached hydrogens (primary N) is 1. The van der Waals surface area contributed by atoms with Crippen molar-refractivity contribution in [2.75, 3.05) is 11.4 Å². The minimum absolute atomic E-state index is 0.0712. The van der Waals surface area contributed by atoms with Crippen LogP contribution >= 0.6 is 12.2 Å². The molecule has 0 amide bonds. The highest BCUT2D eigenvalue weighted by Crippen LogP contribution is 2.21. The van der Waals surface area contributed by atoms with Gasteiger partial charge in [0, 0.05) is 7.05 Å². The maximum atomic E-state index is 12.1. The fourth-order valence-corrected chi connectivity index (χ4v) is 2.74. The number of nitrogens with zero attached hydrogens (tertiary/aromatic N) is 1. The van der Waals surface area contributed by atoms with Gasteiger partial charge in [0.25, 0.3) is 0 Å². The molecule has 1 aromatic rings. The SMILES string of the molecule is CC(C(N)=S)S(=O)(=O)N(C)c1ccc(O)cc1. The van der Waals surface area contributed by atoms with Gasteiger partial charge in [0.05, 0.1) is 10.7 Å². The Balaban J connectivity index is 3.08. The molecular formula is C10H14N2O3S2. The van der Waals surface area contributed by atoms with E-state index in [1.54, 1.807) is 0 Å². The summed E-state index contributed by atoms with van der Waals surface area (Å²) in [5, 5.41) is 8.20. The molecular weight excluding hydrogens is 260 g/mol. The fourth-order valence-electron chi connectivity index (χ4n) is 1.19.